The summed E-state index contributed by atoms with van der Waals surface area (Å²) in [7, 11) is 0. The summed E-state index contributed by atoms with van der Waals surface area (Å²) in [4.78, 5) is 24.5. The molecule has 0 aliphatic heterocycles. The molecule has 0 saturated heterocycles. The molecule has 0 aromatic heterocycles. The molecule has 2 aromatic carbocycles. The van der Waals surface area contributed by atoms with Gasteiger partial charge in [0.25, 0.3) is 0 Å². The van der Waals surface area contributed by atoms with Crippen molar-refractivity contribution in [3.05, 3.63) is 59.7 Å². The Hall–Kier alpha value is -2.86. The maximum absolute atomic E-state index is 12.4. The van der Waals surface area contributed by atoms with E-state index in [1.807, 2.05) is 6.92 Å². The summed E-state index contributed by atoms with van der Waals surface area (Å²) in [5, 5.41) is 0. The van der Waals surface area contributed by atoms with Crippen molar-refractivity contribution < 1.29 is 28.5 Å². The highest BCUT2D eigenvalue weighted by molar-refractivity contribution is 5.92. The fraction of sp³-hybridized carbons (Fsp3) is 0.462. The van der Waals surface area contributed by atoms with Gasteiger partial charge in [-0.3, -0.25) is 0 Å². The van der Waals surface area contributed by atoms with E-state index >= 15 is 0 Å². The minimum atomic E-state index is -0.475. The molecular formula is C26H34O6. The first-order chi connectivity index (χ1) is 15.5. The van der Waals surface area contributed by atoms with Crippen molar-refractivity contribution in [3.63, 3.8) is 0 Å². The van der Waals surface area contributed by atoms with Crippen LogP contribution in [-0.4, -0.2) is 37.9 Å². The largest absolute Gasteiger partial charge is 0.494 e. The Morgan fingerprint density at radius 2 is 1.38 bits per heavy atom. The number of rotatable bonds is 14. The van der Waals surface area contributed by atoms with Gasteiger partial charge in [0.1, 0.15) is 17.6 Å². The van der Waals surface area contributed by atoms with Crippen molar-refractivity contribution in [2.45, 2.75) is 59.0 Å². The van der Waals surface area contributed by atoms with Gasteiger partial charge < -0.3 is 18.9 Å². The molecule has 0 saturated carbocycles. The van der Waals surface area contributed by atoms with Crippen molar-refractivity contribution >= 4 is 11.9 Å². The van der Waals surface area contributed by atoms with Crippen molar-refractivity contribution in [1.82, 2.24) is 0 Å². The third kappa shape index (κ3) is 9.10. The molecule has 0 amide bonds. The van der Waals surface area contributed by atoms with Crippen LogP contribution in [0.3, 0.4) is 0 Å². The standard InChI is InChI=1S/C26H34O6/c1-4-6-7-8-9-18-30-23-14-10-22(11-15-23)26(28)32-24-16-12-21(13-17-24)25(27)31-20(3)19-29-5-2/h10-17,20H,4-9,18-19H2,1-3H3/t20-/m0/s1. The Bertz CT molecular complexity index is 813. The lowest BCUT2D eigenvalue weighted by Crippen LogP contribution is -2.20. The lowest BCUT2D eigenvalue weighted by molar-refractivity contribution is 0.00439. The van der Waals surface area contributed by atoms with Crippen LogP contribution in [0, 0.1) is 0 Å². The van der Waals surface area contributed by atoms with Crippen molar-refractivity contribution in [2.24, 2.45) is 0 Å². The topological polar surface area (TPSA) is 71.1 Å². The predicted molar refractivity (Wildman–Crippen MR) is 123 cm³/mol. The van der Waals surface area contributed by atoms with Gasteiger partial charge in [-0.15, -0.1) is 0 Å². The summed E-state index contributed by atoms with van der Waals surface area (Å²) >= 11 is 0. The molecule has 0 radical (unpaired) electrons. The van der Waals surface area contributed by atoms with Crippen LogP contribution in [0.4, 0.5) is 0 Å². The van der Waals surface area contributed by atoms with E-state index in [1.54, 1.807) is 55.5 Å². The number of esters is 2. The van der Waals surface area contributed by atoms with Crippen LogP contribution in [0.5, 0.6) is 11.5 Å². The lowest BCUT2D eigenvalue weighted by atomic mass is 10.2. The second kappa shape index (κ2) is 14.2. The molecule has 6 nitrogen and oxygen atoms in total. The minimum Gasteiger partial charge on any atom is -0.494 e. The molecule has 0 heterocycles. The van der Waals surface area contributed by atoms with Gasteiger partial charge in [0, 0.05) is 6.61 Å². The molecule has 0 fully saturated rings. The van der Waals surface area contributed by atoms with Crippen molar-refractivity contribution in [2.75, 3.05) is 19.8 Å². The Kier molecular flexibility index (Phi) is 11.3. The summed E-state index contributed by atoms with van der Waals surface area (Å²) in [5.74, 6) is 0.160. The first-order valence-electron chi connectivity index (χ1n) is 11.4. The average Bonchev–Trinajstić information content (AvgIpc) is 2.80. The molecule has 174 valence electrons. The van der Waals surface area contributed by atoms with E-state index in [9.17, 15) is 9.59 Å². The number of carbonyl (C=O) groups excluding carboxylic acids is 2. The fourth-order valence-corrected chi connectivity index (χ4v) is 2.98. The SMILES string of the molecule is CCCCCCCOc1ccc(C(=O)Oc2ccc(C(=O)O[C@@H](C)COCC)cc2)cc1. The molecule has 6 heteroatoms. The summed E-state index contributed by atoms with van der Waals surface area (Å²) in [6.45, 7) is 7.44. The molecule has 1 atom stereocenters. The van der Waals surface area contributed by atoms with Gasteiger partial charge in [-0.25, -0.2) is 9.59 Å². The Morgan fingerprint density at radius 3 is 2.00 bits per heavy atom. The van der Waals surface area contributed by atoms with Gasteiger partial charge >= 0.3 is 11.9 Å². The number of carbonyl (C=O) groups is 2. The van der Waals surface area contributed by atoms with Gasteiger partial charge in [0.05, 0.1) is 24.3 Å². The molecule has 32 heavy (non-hydrogen) atoms. The zero-order valence-electron chi connectivity index (χ0n) is 19.3. The molecule has 2 aromatic rings. The van der Waals surface area contributed by atoms with Crippen LogP contribution in [0.2, 0.25) is 0 Å². The van der Waals surface area contributed by atoms with Crippen LogP contribution in [0.1, 0.15) is 73.6 Å². The molecule has 0 bridgehead atoms. The van der Waals surface area contributed by atoms with E-state index in [4.69, 9.17) is 18.9 Å². The van der Waals surface area contributed by atoms with Gasteiger partial charge in [-0.05, 0) is 68.8 Å². The van der Waals surface area contributed by atoms with Crippen LogP contribution in [0.15, 0.2) is 48.5 Å². The van der Waals surface area contributed by atoms with E-state index in [0.29, 0.717) is 36.7 Å². The number of ether oxygens (including phenoxy) is 4. The lowest BCUT2D eigenvalue weighted by Gasteiger charge is -2.13. The van der Waals surface area contributed by atoms with Crippen molar-refractivity contribution in [1.29, 1.82) is 0 Å². The van der Waals surface area contributed by atoms with Crippen LogP contribution >= 0.6 is 0 Å². The molecular weight excluding hydrogens is 408 g/mol. The number of benzene rings is 2. The smallest absolute Gasteiger partial charge is 0.343 e. The molecule has 0 aliphatic carbocycles. The van der Waals surface area contributed by atoms with Gasteiger partial charge in [-0.2, -0.15) is 0 Å². The summed E-state index contributed by atoms with van der Waals surface area (Å²) < 4.78 is 21.7. The fourth-order valence-electron chi connectivity index (χ4n) is 2.98. The Balaban J connectivity index is 1.80. The summed E-state index contributed by atoms with van der Waals surface area (Å²) in [6, 6.07) is 13.2. The highest BCUT2D eigenvalue weighted by Crippen LogP contribution is 2.18. The average molecular weight is 443 g/mol. The third-order valence-corrected chi connectivity index (χ3v) is 4.77. The first kappa shape index (κ1) is 25.4. The van der Waals surface area contributed by atoms with Gasteiger partial charge in [-0.1, -0.05) is 32.6 Å². The number of hydrogen-bond donors (Lipinski definition) is 0. The zero-order chi connectivity index (χ0) is 23.2. The molecule has 0 aliphatic rings. The monoisotopic (exact) mass is 442 g/mol. The first-order valence-corrected chi connectivity index (χ1v) is 11.4. The second-order valence-corrected chi connectivity index (χ2v) is 7.58. The van der Waals surface area contributed by atoms with E-state index in [1.165, 1.54) is 25.7 Å². The van der Waals surface area contributed by atoms with E-state index < -0.39 is 11.9 Å². The van der Waals surface area contributed by atoms with Gasteiger partial charge in [0.2, 0.25) is 0 Å². The molecule has 0 N–H and O–H groups in total. The van der Waals surface area contributed by atoms with E-state index in [0.717, 1.165) is 12.2 Å². The minimum absolute atomic E-state index is 0.340. The zero-order valence-corrected chi connectivity index (χ0v) is 19.3. The van der Waals surface area contributed by atoms with Gasteiger partial charge in [0.15, 0.2) is 0 Å². The van der Waals surface area contributed by atoms with Crippen LogP contribution in [0.25, 0.3) is 0 Å². The third-order valence-electron chi connectivity index (χ3n) is 4.77. The van der Waals surface area contributed by atoms with Crippen LogP contribution in [-0.2, 0) is 9.47 Å². The Morgan fingerprint density at radius 1 is 0.781 bits per heavy atom. The van der Waals surface area contributed by atoms with Crippen LogP contribution < -0.4 is 9.47 Å². The Labute approximate surface area is 190 Å². The van der Waals surface area contributed by atoms with E-state index in [-0.39, 0.29) is 6.10 Å². The number of unbranched alkanes of at least 4 members (excludes halogenated alkanes) is 4. The number of hydrogen-bond acceptors (Lipinski definition) is 6. The quantitative estimate of drug-likeness (QED) is 0.208. The maximum atomic E-state index is 12.4. The predicted octanol–water partition coefficient (Wildman–Crippen LogP) is 5.84. The summed E-state index contributed by atoms with van der Waals surface area (Å²) in [5.41, 5.74) is 0.804. The molecule has 0 spiro atoms. The second-order valence-electron chi connectivity index (χ2n) is 7.58. The highest BCUT2D eigenvalue weighted by Gasteiger charge is 2.13. The maximum Gasteiger partial charge on any atom is 0.343 e. The summed E-state index contributed by atoms with van der Waals surface area (Å²) in [6.07, 6.45) is 5.58. The van der Waals surface area contributed by atoms with E-state index in [2.05, 4.69) is 6.92 Å². The molecule has 0 unspecified atom stereocenters. The van der Waals surface area contributed by atoms with Crippen molar-refractivity contribution in [3.8, 4) is 11.5 Å². The normalized spacial score (nSPS) is 11.6. The highest BCUT2D eigenvalue weighted by atomic mass is 16.6. The molecule has 2 rings (SSSR count).